The van der Waals surface area contributed by atoms with Gasteiger partial charge in [-0.05, 0) is 93.8 Å². The molecule has 1 atom stereocenters. The smallest absolute Gasteiger partial charge is 0.339 e. The first-order valence-electron chi connectivity index (χ1n) is 5.90. The minimum absolute atomic E-state index is 0.00896. The number of hydrogen-bond donors (Lipinski definition) is 0. The summed E-state index contributed by atoms with van der Waals surface area (Å²) in [6.07, 6.45) is -0.521. The van der Waals surface area contributed by atoms with Gasteiger partial charge in [0.25, 0.3) is 0 Å². The van der Waals surface area contributed by atoms with Crippen LogP contribution in [0.15, 0.2) is 24.3 Å². The molecule has 1 rings (SSSR count). The molecule has 1 aromatic rings. The Kier molecular flexibility index (Phi) is 7.88. The van der Waals surface area contributed by atoms with Crippen LogP contribution in [0.5, 0.6) is 0 Å². The van der Waals surface area contributed by atoms with E-state index in [0.717, 1.165) is 10.7 Å². The molecule has 0 aliphatic carbocycles. The Bertz CT molecular complexity index is 584. The van der Waals surface area contributed by atoms with E-state index in [9.17, 15) is 9.59 Å². The lowest BCUT2D eigenvalue weighted by molar-refractivity contribution is -0.141. The fraction of sp³-hybridized carbons (Fsp3) is 0.286. The molecule has 21 heavy (non-hydrogen) atoms. The third kappa shape index (κ3) is 6.00. The SMILES string of the molecule is C=C(C)C(=O)OCC(C)OC(=O)c1cc(I)cc(I)c1I. The minimum Gasteiger partial charge on any atom is -0.458 e. The Labute approximate surface area is 164 Å². The topological polar surface area (TPSA) is 52.6 Å². The van der Waals surface area contributed by atoms with E-state index in [2.05, 4.69) is 74.4 Å². The molecule has 0 heterocycles. The average molecular weight is 626 g/mol. The van der Waals surface area contributed by atoms with Gasteiger partial charge < -0.3 is 9.47 Å². The summed E-state index contributed by atoms with van der Waals surface area (Å²) in [5.74, 6) is -0.911. The van der Waals surface area contributed by atoms with Crippen molar-refractivity contribution in [3.05, 3.63) is 40.6 Å². The van der Waals surface area contributed by atoms with E-state index in [0.29, 0.717) is 11.1 Å². The van der Waals surface area contributed by atoms with Gasteiger partial charge in [0, 0.05) is 16.3 Å². The second-order valence-corrected chi connectivity index (χ2v) is 7.83. The van der Waals surface area contributed by atoms with Crippen LogP contribution in [0.25, 0.3) is 0 Å². The van der Waals surface area contributed by atoms with Crippen molar-refractivity contribution in [3.63, 3.8) is 0 Å². The van der Waals surface area contributed by atoms with Crippen molar-refractivity contribution in [3.8, 4) is 0 Å². The zero-order chi connectivity index (χ0) is 16.2. The largest absolute Gasteiger partial charge is 0.458 e. The molecule has 0 amide bonds. The highest BCUT2D eigenvalue weighted by molar-refractivity contribution is 14.1. The highest BCUT2D eigenvalue weighted by Crippen LogP contribution is 2.23. The summed E-state index contributed by atoms with van der Waals surface area (Å²) < 4.78 is 13.1. The van der Waals surface area contributed by atoms with Crippen LogP contribution in [0.1, 0.15) is 24.2 Å². The molecule has 0 spiro atoms. The third-order valence-electron chi connectivity index (χ3n) is 2.32. The van der Waals surface area contributed by atoms with Crippen LogP contribution in [0.4, 0.5) is 0 Å². The lowest BCUT2D eigenvalue weighted by atomic mass is 10.2. The van der Waals surface area contributed by atoms with E-state index >= 15 is 0 Å². The number of esters is 2. The predicted molar refractivity (Wildman–Crippen MR) is 105 cm³/mol. The van der Waals surface area contributed by atoms with Gasteiger partial charge in [0.05, 0.1) is 5.56 Å². The molecule has 1 aromatic carbocycles. The van der Waals surface area contributed by atoms with Gasteiger partial charge in [-0.1, -0.05) is 6.58 Å². The summed E-state index contributed by atoms with van der Waals surface area (Å²) in [5, 5.41) is 0. The Morgan fingerprint density at radius 2 is 1.90 bits per heavy atom. The molecule has 114 valence electrons. The molecule has 0 aliphatic heterocycles. The molecule has 0 saturated carbocycles. The Morgan fingerprint density at radius 3 is 2.48 bits per heavy atom. The van der Waals surface area contributed by atoms with Crippen LogP contribution in [-0.2, 0) is 14.3 Å². The molecule has 0 fully saturated rings. The first-order valence-corrected chi connectivity index (χ1v) is 9.14. The van der Waals surface area contributed by atoms with Crippen molar-refractivity contribution in [1.29, 1.82) is 0 Å². The Morgan fingerprint density at radius 1 is 1.29 bits per heavy atom. The summed E-state index contributed by atoms with van der Waals surface area (Å²) in [7, 11) is 0. The fourth-order valence-electron chi connectivity index (χ4n) is 1.30. The zero-order valence-corrected chi connectivity index (χ0v) is 17.9. The van der Waals surface area contributed by atoms with Crippen LogP contribution in [-0.4, -0.2) is 24.6 Å². The summed E-state index contributed by atoms with van der Waals surface area (Å²) in [4.78, 5) is 23.4. The van der Waals surface area contributed by atoms with Crippen molar-refractivity contribution >= 4 is 79.7 Å². The highest BCUT2D eigenvalue weighted by atomic mass is 127. The van der Waals surface area contributed by atoms with Crippen LogP contribution in [0.3, 0.4) is 0 Å². The van der Waals surface area contributed by atoms with E-state index in [1.54, 1.807) is 19.9 Å². The predicted octanol–water partition coefficient (Wildman–Crippen LogP) is 4.17. The average Bonchev–Trinajstić information content (AvgIpc) is 2.39. The minimum atomic E-state index is -0.521. The highest BCUT2D eigenvalue weighted by Gasteiger charge is 2.18. The lowest BCUT2D eigenvalue weighted by Gasteiger charge is -2.15. The molecule has 0 aliphatic rings. The molecule has 4 nitrogen and oxygen atoms in total. The molecule has 0 saturated heterocycles. The molecule has 0 radical (unpaired) electrons. The monoisotopic (exact) mass is 626 g/mol. The van der Waals surface area contributed by atoms with Gasteiger partial charge in [-0.3, -0.25) is 0 Å². The molecule has 0 bridgehead atoms. The number of hydrogen-bond acceptors (Lipinski definition) is 4. The quantitative estimate of drug-likeness (QED) is 0.214. The first-order chi connectivity index (χ1) is 9.72. The van der Waals surface area contributed by atoms with Gasteiger partial charge in [-0.15, -0.1) is 0 Å². The van der Waals surface area contributed by atoms with Gasteiger partial charge in [0.15, 0.2) is 0 Å². The van der Waals surface area contributed by atoms with Crippen molar-refractivity contribution in [2.75, 3.05) is 6.61 Å². The van der Waals surface area contributed by atoms with E-state index in [1.807, 2.05) is 6.07 Å². The zero-order valence-electron chi connectivity index (χ0n) is 11.4. The first kappa shape index (κ1) is 19.1. The maximum absolute atomic E-state index is 12.2. The van der Waals surface area contributed by atoms with Gasteiger partial charge in [0.2, 0.25) is 0 Å². The number of ether oxygens (including phenoxy) is 2. The van der Waals surface area contributed by atoms with Crippen molar-refractivity contribution in [2.45, 2.75) is 20.0 Å². The number of rotatable bonds is 5. The standard InChI is InChI=1S/C14H13I3O4/c1-7(2)13(18)20-6-8(3)21-14(19)10-4-9(15)5-11(16)12(10)17/h4-5,8H,1,6H2,2-3H3. The molecule has 0 N–H and O–H groups in total. The van der Waals surface area contributed by atoms with Crippen molar-refractivity contribution in [1.82, 2.24) is 0 Å². The normalized spacial score (nSPS) is 11.7. The molecular formula is C14H13I3O4. The summed E-state index contributed by atoms with van der Waals surface area (Å²) in [5.41, 5.74) is 0.834. The molecule has 1 unspecified atom stereocenters. The van der Waals surface area contributed by atoms with Crippen LogP contribution in [0.2, 0.25) is 0 Å². The summed E-state index contributed by atoms with van der Waals surface area (Å²) >= 11 is 6.44. The molecular weight excluding hydrogens is 613 g/mol. The lowest BCUT2D eigenvalue weighted by Crippen LogP contribution is -2.23. The number of halogens is 3. The maximum atomic E-state index is 12.2. The summed E-state index contributed by atoms with van der Waals surface area (Å²) in [6.45, 7) is 6.74. The maximum Gasteiger partial charge on any atom is 0.339 e. The van der Waals surface area contributed by atoms with Crippen LogP contribution in [0, 0.1) is 10.7 Å². The van der Waals surface area contributed by atoms with Crippen LogP contribution >= 0.6 is 67.8 Å². The number of benzene rings is 1. The van der Waals surface area contributed by atoms with Crippen molar-refractivity contribution < 1.29 is 19.1 Å². The van der Waals surface area contributed by atoms with Crippen LogP contribution < -0.4 is 0 Å². The molecule has 0 aromatic heterocycles. The second-order valence-electron chi connectivity index (χ2n) is 4.34. The Hall–Kier alpha value is 0.0900. The number of carbonyl (C=O) groups excluding carboxylic acids is 2. The summed E-state index contributed by atoms with van der Waals surface area (Å²) in [6, 6.07) is 3.76. The van der Waals surface area contributed by atoms with Gasteiger partial charge in [-0.2, -0.15) is 0 Å². The van der Waals surface area contributed by atoms with E-state index < -0.39 is 18.0 Å². The third-order valence-corrected chi connectivity index (χ3v) is 5.99. The van der Waals surface area contributed by atoms with Crippen molar-refractivity contribution in [2.24, 2.45) is 0 Å². The fourth-order valence-corrected chi connectivity index (χ4v) is 3.68. The Balaban J connectivity index is 2.69. The van der Waals surface area contributed by atoms with E-state index in [4.69, 9.17) is 9.47 Å². The van der Waals surface area contributed by atoms with Gasteiger partial charge >= 0.3 is 11.9 Å². The number of carbonyl (C=O) groups is 2. The second kappa shape index (κ2) is 8.65. The van der Waals surface area contributed by atoms with Gasteiger partial charge in [0.1, 0.15) is 12.7 Å². The molecule has 7 heteroatoms. The van der Waals surface area contributed by atoms with E-state index in [-0.39, 0.29) is 6.61 Å². The van der Waals surface area contributed by atoms with E-state index in [1.165, 1.54) is 0 Å². The van der Waals surface area contributed by atoms with Gasteiger partial charge in [-0.25, -0.2) is 9.59 Å².